The largest absolute Gasteiger partial charge is 0.467 e. The second-order valence-corrected chi connectivity index (χ2v) is 10.7. The van der Waals surface area contributed by atoms with Gasteiger partial charge in [0.15, 0.2) is 5.82 Å². The van der Waals surface area contributed by atoms with Crippen molar-refractivity contribution in [2.45, 2.75) is 32.9 Å². The summed E-state index contributed by atoms with van der Waals surface area (Å²) in [4.78, 5) is 28.1. The molecule has 0 radical (unpaired) electrons. The average Bonchev–Trinajstić information content (AvgIpc) is 2.83. The van der Waals surface area contributed by atoms with Crippen LogP contribution in [0.4, 0.5) is 17.5 Å². The number of nitrogens with zero attached hydrogens (tertiary/aromatic N) is 8. The highest BCUT2D eigenvalue weighted by molar-refractivity contribution is 7.88. The SMILES string of the molecule is COc1ncc(Nc2ncc([C@@H](C)N3CCN(S(C)(=O)=O)CC3C)cc2-c2nc(C)nc(N)n2)cn1. The van der Waals surface area contributed by atoms with Crippen LogP contribution in [0.2, 0.25) is 0 Å². The van der Waals surface area contributed by atoms with E-state index in [2.05, 4.69) is 47.0 Å². The summed E-state index contributed by atoms with van der Waals surface area (Å²) in [6.45, 7) is 7.32. The lowest BCUT2D eigenvalue weighted by atomic mass is 10.0. The van der Waals surface area contributed by atoms with Gasteiger partial charge in [-0.2, -0.15) is 14.3 Å². The molecule has 3 aromatic heterocycles. The second-order valence-electron chi connectivity index (χ2n) is 8.70. The molecular formula is C22H30N10O3S. The Bertz CT molecular complexity index is 1320. The molecule has 0 aliphatic carbocycles. The van der Waals surface area contributed by atoms with Crippen molar-refractivity contribution in [1.29, 1.82) is 0 Å². The molecule has 1 aliphatic rings. The Morgan fingerprint density at radius 3 is 2.47 bits per heavy atom. The van der Waals surface area contributed by atoms with E-state index >= 15 is 0 Å². The van der Waals surface area contributed by atoms with Gasteiger partial charge in [0.05, 0.1) is 37.0 Å². The zero-order valence-corrected chi connectivity index (χ0v) is 21.7. The lowest BCUT2D eigenvalue weighted by Crippen LogP contribution is -2.53. The Hall–Kier alpha value is -3.49. The molecule has 0 amide bonds. The van der Waals surface area contributed by atoms with E-state index in [0.717, 1.165) is 5.56 Å². The van der Waals surface area contributed by atoms with Crippen LogP contribution in [0.15, 0.2) is 24.7 Å². The Labute approximate surface area is 210 Å². The van der Waals surface area contributed by atoms with E-state index < -0.39 is 10.0 Å². The van der Waals surface area contributed by atoms with Gasteiger partial charge in [0.1, 0.15) is 11.6 Å². The zero-order valence-electron chi connectivity index (χ0n) is 20.9. The normalized spacial score (nSPS) is 18.1. The predicted octanol–water partition coefficient (Wildman–Crippen LogP) is 1.39. The molecule has 0 saturated carbocycles. The summed E-state index contributed by atoms with van der Waals surface area (Å²) in [6.07, 6.45) is 6.21. The maximum atomic E-state index is 12.0. The van der Waals surface area contributed by atoms with E-state index in [4.69, 9.17) is 10.5 Å². The van der Waals surface area contributed by atoms with Gasteiger partial charge in [-0.1, -0.05) is 0 Å². The monoisotopic (exact) mass is 514 g/mol. The number of hydrogen-bond acceptors (Lipinski definition) is 12. The number of nitrogen functional groups attached to an aromatic ring is 1. The molecule has 4 heterocycles. The lowest BCUT2D eigenvalue weighted by molar-refractivity contribution is 0.0906. The van der Waals surface area contributed by atoms with Crippen molar-refractivity contribution in [2.75, 3.05) is 44.1 Å². The molecule has 3 N–H and O–H groups in total. The van der Waals surface area contributed by atoms with E-state index in [1.54, 1.807) is 25.5 Å². The first-order valence-electron chi connectivity index (χ1n) is 11.4. The van der Waals surface area contributed by atoms with Crippen LogP contribution in [0.3, 0.4) is 0 Å². The van der Waals surface area contributed by atoms with Crippen LogP contribution in [0.25, 0.3) is 11.4 Å². The maximum absolute atomic E-state index is 12.0. The second kappa shape index (κ2) is 10.2. The van der Waals surface area contributed by atoms with E-state index in [9.17, 15) is 8.42 Å². The molecule has 36 heavy (non-hydrogen) atoms. The lowest BCUT2D eigenvalue weighted by Gasteiger charge is -2.42. The highest BCUT2D eigenvalue weighted by Gasteiger charge is 2.32. The van der Waals surface area contributed by atoms with Crippen LogP contribution in [0.5, 0.6) is 6.01 Å². The van der Waals surface area contributed by atoms with Crippen molar-refractivity contribution in [1.82, 2.24) is 39.1 Å². The van der Waals surface area contributed by atoms with E-state index in [-0.39, 0.29) is 24.0 Å². The molecule has 1 unspecified atom stereocenters. The third kappa shape index (κ3) is 5.66. The summed E-state index contributed by atoms with van der Waals surface area (Å²) >= 11 is 0. The number of hydrogen-bond donors (Lipinski definition) is 2. The minimum atomic E-state index is -3.23. The number of anilines is 3. The summed E-state index contributed by atoms with van der Waals surface area (Å²) in [6, 6.07) is 2.21. The first-order valence-corrected chi connectivity index (χ1v) is 13.2. The molecule has 3 aromatic rings. The summed E-state index contributed by atoms with van der Waals surface area (Å²) in [5.74, 6) is 1.48. The molecule has 192 valence electrons. The minimum absolute atomic E-state index is 0.0243. The van der Waals surface area contributed by atoms with Gasteiger partial charge >= 0.3 is 6.01 Å². The number of pyridine rings is 1. The van der Waals surface area contributed by atoms with Gasteiger partial charge in [-0.25, -0.2) is 28.4 Å². The number of rotatable bonds is 7. The molecule has 13 nitrogen and oxygen atoms in total. The standard InChI is InChI=1S/C22H30N10O3S/c1-13-12-31(36(5,33)34)6-7-32(13)14(2)16-8-18(20-27-15(3)28-21(23)30-20)19(24-9-16)29-17-10-25-22(35-4)26-11-17/h8-11,13-14H,6-7,12H2,1-5H3,(H,24,29)(H2,23,27,28,30)/t13?,14-/m1/s1. The number of piperazine rings is 1. The van der Waals surface area contributed by atoms with Crippen molar-refractivity contribution in [2.24, 2.45) is 0 Å². The molecule has 1 saturated heterocycles. The topological polar surface area (TPSA) is 165 Å². The van der Waals surface area contributed by atoms with Gasteiger partial charge in [-0.05, 0) is 32.4 Å². The van der Waals surface area contributed by atoms with Gasteiger partial charge in [-0.3, -0.25) is 4.90 Å². The molecule has 0 spiro atoms. The quantitative estimate of drug-likeness (QED) is 0.466. The fraction of sp³-hybridized carbons (Fsp3) is 0.455. The molecule has 4 rings (SSSR count). The van der Waals surface area contributed by atoms with Gasteiger partial charge in [0.25, 0.3) is 0 Å². The summed E-state index contributed by atoms with van der Waals surface area (Å²) < 4.78 is 30.6. The number of sulfonamides is 1. The summed E-state index contributed by atoms with van der Waals surface area (Å²) in [7, 11) is -1.73. The Balaban J connectivity index is 1.68. The Morgan fingerprint density at radius 1 is 1.14 bits per heavy atom. The molecule has 2 atom stereocenters. The summed E-state index contributed by atoms with van der Waals surface area (Å²) in [5, 5.41) is 3.22. The number of ether oxygens (including phenoxy) is 1. The fourth-order valence-electron chi connectivity index (χ4n) is 4.23. The molecule has 1 fully saturated rings. The van der Waals surface area contributed by atoms with Crippen LogP contribution >= 0.6 is 0 Å². The van der Waals surface area contributed by atoms with Gasteiger partial charge in [0, 0.05) is 37.9 Å². The van der Waals surface area contributed by atoms with Gasteiger partial charge in [0.2, 0.25) is 16.0 Å². The molecule has 0 bridgehead atoms. The molecule has 0 aromatic carbocycles. The predicted molar refractivity (Wildman–Crippen MR) is 135 cm³/mol. The third-order valence-electron chi connectivity index (χ3n) is 6.08. The molecule has 1 aliphatic heterocycles. The Morgan fingerprint density at radius 2 is 1.86 bits per heavy atom. The van der Waals surface area contributed by atoms with Crippen molar-refractivity contribution < 1.29 is 13.2 Å². The third-order valence-corrected chi connectivity index (χ3v) is 7.35. The van der Waals surface area contributed by atoms with Crippen LogP contribution in [0, 0.1) is 6.92 Å². The Kier molecular flexibility index (Phi) is 7.28. The van der Waals surface area contributed by atoms with Crippen LogP contribution in [-0.2, 0) is 10.0 Å². The highest BCUT2D eigenvalue weighted by Crippen LogP contribution is 2.32. The maximum Gasteiger partial charge on any atom is 0.316 e. The average molecular weight is 515 g/mol. The van der Waals surface area contributed by atoms with Gasteiger partial charge < -0.3 is 15.8 Å². The number of methoxy groups -OCH3 is 1. The minimum Gasteiger partial charge on any atom is -0.467 e. The van der Waals surface area contributed by atoms with E-state index in [0.29, 0.717) is 48.4 Å². The van der Waals surface area contributed by atoms with Gasteiger partial charge in [-0.15, -0.1) is 0 Å². The number of aryl methyl sites for hydroxylation is 1. The zero-order chi connectivity index (χ0) is 26.0. The first-order chi connectivity index (χ1) is 17.0. The van der Waals surface area contributed by atoms with Crippen LogP contribution < -0.4 is 15.8 Å². The number of nitrogens with one attached hydrogen (secondary N) is 1. The van der Waals surface area contributed by atoms with Crippen molar-refractivity contribution >= 4 is 27.5 Å². The molecular weight excluding hydrogens is 484 g/mol. The highest BCUT2D eigenvalue weighted by atomic mass is 32.2. The summed E-state index contributed by atoms with van der Waals surface area (Å²) in [5.41, 5.74) is 8.08. The first kappa shape index (κ1) is 25.6. The molecule has 14 heteroatoms. The van der Waals surface area contributed by atoms with Crippen LogP contribution in [-0.4, -0.2) is 86.6 Å². The number of aromatic nitrogens is 6. The van der Waals surface area contributed by atoms with Crippen molar-refractivity contribution in [3.8, 4) is 17.4 Å². The fourth-order valence-corrected chi connectivity index (χ4v) is 5.13. The smallest absolute Gasteiger partial charge is 0.316 e. The number of nitrogens with two attached hydrogens (primary N) is 1. The van der Waals surface area contributed by atoms with E-state index in [1.165, 1.54) is 17.7 Å². The van der Waals surface area contributed by atoms with Crippen molar-refractivity contribution in [3.63, 3.8) is 0 Å². The van der Waals surface area contributed by atoms with Crippen molar-refractivity contribution in [3.05, 3.63) is 36.0 Å². The van der Waals surface area contributed by atoms with Crippen LogP contribution in [0.1, 0.15) is 31.3 Å². The van der Waals surface area contributed by atoms with E-state index in [1.807, 2.05) is 13.0 Å².